The zero-order valence-electron chi connectivity index (χ0n) is 10.2. The molecule has 0 radical (unpaired) electrons. The normalized spacial score (nSPS) is 18.1. The minimum absolute atomic E-state index is 0.237. The topological polar surface area (TPSA) is 6.48 Å². The van der Waals surface area contributed by atoms with E-state index in [0.717, 1.165) is 0 Å². The fourth-order valence-electron chi connectivity index (χ4n) is 2.00. The van der Waals surface area contributed by atoms with E-state index in [1.165, 1.54) is 10.0 Å². The van der Waals surface area contributed by atoms with E-state index in [4.69, 9.17) is 0 Å². The van der Waals surface area contributed by atoms with Gasteiger partial charge in [-0.3, -0.25) is 0 Å². The first-order chi connectivity index (χ1) is 9.34. The zero-order valence-corrected chi connectivity index (χ0v) is 13.5. The number of nitrogens with zero attached hydrogens (tertiary/aromatic N) is 2. The predicted octanol–water partition coefficient (Wildman–Crippen LogP) is 3.03. The number of hydrogen-bond acceptors (Lipinski definition) is 2. The van der Waals surface area contributed by atoms with Gasteiger partial charge in [0.2, 0.25) is 0 Å². The van der Waals surface area contributed by atoms with Crippen LogP contribution in [0.4, 0.5) is 0 Å². The molecule has 0 amide bonds. The van der Waals surface area contributed by atoms with Crippen LogP contribution in [0.1, 0.15) is 11.7 Å². The van der Waals surface area contributed by atoms with Gasteiger partial charge in [-0.25, -0.2) is 0 Å². The quantitative estimate of drug-likeness (QED) is 0.597. The molecule has 1 aliphatic heterocycles. The number of rotatable bonds is 3. The molecule has 0 N–H and O–H groups in total. The van der Waals surface area contributed by atoms with Gasteiger partial charge in [-0.1, -0.05) is 0 Å². The van der Waals surface area contributed by atoms with Gasteiger partial charge in [-0.15, -0.1) is 0 Å². The molecule has 0 fully saturated rings. The van der Waals surface area contributed by atoms with Crippen molar-refractivity contribution in [1.29, 1.82) is 0 Å². The fourth-order valence-corrected chi connectivity index (χ4v) is 4.83. The first-order valence-corrected chi connectivity index (χ1v) is 8.36. The predicted molar refractivity (Wildman–Crippen MR) is 82.8 cm³/mol. The molecule has 96 valence electrons. The average molecular weight is 380 g/mol. The Labute approximate surface area is 128 Å². The molecule has 4 heteroatoms. The van der Waals surface area contributed by atoms with Crippen molar-refractivity contribution < 1.29 is 0 Å². The van der Waals surface area contributed by atoms with Crippen molar-refractivity contribution in [3.63, 3.8) is 0 Å². The SMILES string of the molecule is BrN1C=CN([Se]c2ccccc2)C1c1ccccc1. The number of halogens is 1. The summed E-state index contributed by atoms with van der Waals surface area (Å²) in [6.07, 6.45) is 4.46. The molecule has 19 heavy (non-hydrogen) atoms. The molecule has 0 aromatic heterocycles. The third kappa shape index (κ3) is 2.86. The van der Waals surface area contributed by atoms with E-state index in [0.29, 0.717) is 0 Å². The van der Waals surface area contributed by atoms with E-state index in [9.17, 15) is 0 Å². The summed E-state index contributed by atoms with van der Waals surface area (Å²) in [4.78, 5) is 0. The second-order valence-corrected chi connectivity index (χ2v) is 7.27. The molecule has 0 saturated carbocycles. The van der Waals surface area contributed by atoms with Crippen molar-refractivity contribution in [2.45, 2.75) is 6.17 Å². The fraction of sp³-hybridized carbons (Fsp3) is 0.0667. The minimum atomic E-state index is 0.237. The van der Waals surface area contributed by atoms with Crippen LogP contribution in [0.15, 0.2) is 73.1 Å². The van der Waals surface area contributed by atoms with Crippen LogP contribution in [-0.4, -0.2) is 23.0 Å². The van der Waals surface area contributed by atoms with Gasteiger partial charge in [0.1, 0.15) is 0 Å². The molecule has 1 heterocycles. The van der Waals surface area contributed by atoms with Crippen molar-refractivity contribution >= 4 is 35.8 Å². The summed E-state index contributed by atoms with van der Waals surface area (Å²) in [7, 11) is 0. The van der Waals surface area contributed by atoms with Gasteiger partial charge in [-0.2, -0.15) is 0 Å². The van der Waals surface area contributed by atoms with Crippen molar-refractivity contribution in [2.24, 2.45) is 0 Å². The zero-order chi connectivity index (χ0) is 13.1. The Morgan fingerprint density at radius 3 is 2.16 bits per heavy atom. The molecule has 0 bridgehead atoms. The first kappa shape index (κ1) is 12.8. The van der Waals surface area contributed by atoms with Crippen molar-refractivity contribution in [3.8, 4) is 0 Å². The summed E-state index contributed by atoms with van der Waals surface area (Å²) in [6, 6.07) is 21.2. The Kier molecular flexibility index (Phi) is 3.92. The molecular formula is C15H13BrN2Se. The molecular weight excluding hydrogens is 367 g/mol. The number of hydrogen-bond donors (Lipinski definition) is 0. The van der Waals surface area contributed by atoms with Crippen molar-refractivity contribution in [1.82, 2.24) is 7.84 Å². The van der Waals surface area contributed by atoms with E-state index in [2.05, 4.69) is 97.1 Å². The van der Waals surface area contributed by atoms with E-state index < -0.39 is 0 Å². The number of benzene rings is 2. The van der Waals surface area contributed by atoms with Crippen molar-refractivity contribution in [2.75, 3.05) is 0 Å². The maximum absolute atomic E-state index is 3.61. The summed E-state index contributed by atoms with van der Waals surface area (Å²) in [6.45, 7) is 0. The van der Waals surface area contributed by atoms with Gasteiger partial charge in [0.15, 0.2) is 0 Å². The summed E-state index contributed by atoms with van der Waals surface area (Å²) >= 11 is 3.89. The van der Waals surface area contributed by atoms with Crippen LogP contribution in [0.5, 0.6) is 0 Å². The van der Waals surface area contributed by atoms with Gasteiger partial charge in [0.05, 0.1) is 0 Å². The molecule has 2 aromatic carbocycles. The van der Waals surface area contributed by atoms with Gasteiger partial charge in [0, 0.05) is 0 Å². The summed E-state index contributed by atoms with van der Waals surface area (Å²) in [5.74, 6) is 0. The molecule has 2 aromatic rings. The Hall–Kier alpha value is -1.22. The molecule has 0 aliphatic carbocycles. The third-order valence-electron chi connectivity index (χ3n) is 2.88. The van der Waals surface area contributed by atoms with E-state index in [1.807, 2.05) is 0 Å². The Balaban J connectivity index is 1.83. The van der Waals surface area contributed by atoms with Crippen LogP contribution in [0.25, 0.3) is 0 Å². The van der Waals surface area contributed by atoms with Gasteiger partial charge >= 0.3 is 128 Å². The van der Waals surface area contributed by atoms with Gasteiger partial charge < -0.3 is 0 Å². The second-order valence-electron chi connectivity index (χ2n) is 4.19. The molecule has 2 nitrogen and oxygen atoms in total. The van der Waals surface area contributed by atoms with Crippen LogP contribution >= 0.6 is 16.1 Å². The standard InChI is InChI=1S/C15H13BrN2Se/c16-17-11-12-18(19-14-9-5-2-6-10-14)15(17)13-7-3-1-4-8-13/h1-12,15H. The van der Waals surface area contributed by atoms with Crippen LogP contribution < -0.4 is 4.46 Å². The van der Waals surface area contributed by atoms with Crippen LogP contribution in [-0.2, 0) is 0 Å². The van der Waals surface area contributed by atoms with Gasteiger partial charge in [0.25, 0.3) is 0 Å². The summed E-state index contributed by atoms with van der Waals surface area (Å²) in [5, 5.41) is 0. The Morgan fingerprint density at radius 2 is 1.47 bits per heavy atom. The Bertz CT molecular complexity index is 559. The van der Waals surface area contributed by atoms with Crippen LogP contribution in [0.2, 0.25) is 0 Å². The molecule has 3 rings (SSSR count). The maximum atomic E-state index is 3.61. The van der Waals surface area contributed by atoms with Crippen LogP contribution in [0, 0.1) is 0 Å². The molecule has 1 aliphatic rings. The Morgan fingerprint density at radius 1 is 0.842 bits per heavy atom. The monoisotopic (exact) mass is 380 g/mol. The third-order valence-corrected chi connectivity index (χ3v) is 5.64. The molecule has 1 atom stereocenters. The van der Waals surface area contributed by atoms with E-state index in [1.54, 1.807) is 0 Å². The second kappa shape index (κ2) is 5.83. The van der Waals surface area contributed by atoms with E-state index in [-0.39, 0.29) is 21.3 Å². The summed E-state index contributed by atoms with van der Waals surface area (Å²) < 4.78 is 5.84. The molecule has 0 spiro atoms. The van der Waals surface area contributed by atoms with Crippen molar-refractivity contribution in [3.05, 3.63) is 78.6 Å². The van der Waals surface area contributed by atoms with E-state index >= 15 is 0 Å². The van der Waals surface area contributed by atoms with Gasteiger partial charge in [-0.05, 0) is 0 Å². The average Bonchev–Trinajstić information content (AvgIpc) is 2.82. The molecule has 0 saturated heterocycles. The summed E-state index contributed by atoms with van der Waals surface area (Å²) in [5.41, 5.74) is 1.29. The van der Waals surface area contributed by atoms with Crippen LogP contribution in [0.3, 0.4) is 0 Å². The first-order valence-electron chi connectivity index (χ1n) is 6.03. The molecule has 1 unspecified atom stereocenters.